The van der Waals surface area contributed by atoms with Crippen LogP contribution in [0.15, 0.2) is 36.5 Å². The summed E-state index contributed by atoms with van der Waals surface area (Å²) in [6, 6.07) is 10.2. The molecular weight excluding hydrogens is 501 g/mol. The third-order valence-electron chi connectivity index (χ3n) is 6.67. The zero-order valence-corrected chi connectivity index (χ0v) is 21.8. The summed E-state index contributed by atoms with van der Waals surface area (Å²) < 4.78 is 58.2. The lowest BCUT2D eigenvalue weighted by atomic mass is 9.86. The second-order valence-electron chi connectivity index (χ2n) is 10.5. The van der Waals surface area contributed by atoms with Gasteiger partial charge in [-0.3, -0.25) is 4.57 Å². The first-order valence-electron chi connectivity index (χ1n) is 11.8. The van der Waals surface area contributed by atoms with Crippen molar-refractivity contribution in [1.82, 2.24) is 14.5 Å². The lowest BCUT2D eigenvalue weighted by molar-refractivity contribution is -0.246. The van der Waals surface area contributed by atoms with Crippen molar-refractivity contribution in [1.29, 1.82) is 5.26 Å². The predicted molar refractivity (Wildman–Crippen MR) is 134 cm³/mol. The zero-order valence-electron chi connectivity index (χ0n) is 20.8. The number of fused-ring (bicyclic) bond motifs is 4. The molecule has 0 saturated carbocycles. The summed E-state index contributed by atoms with van der Waals surface area (Å²) >= 11 is 0. The van der Waals surface area contributed by atoms with E-state index in [1.165, 1.54) is 41.1 Å². The Bertz CT molecular complexity index is 1590. The minimum absolute atomic E-state index is 0.155. The number of carbonyl (C=O) groups is 1. The van der Waals surface area contributed by atoms with Gasteiger partial charge in [0, 0.05) is 37.3 Å². The van der Waals surface area contributed by atoms with Crippen LogP contribution in [0, 0.1) is 18.3 Å². The Morgan fingerprint density at radius 2 is 2.00 bits per heavy atom. The number of esters is 1. The summed E-state index contributed by atoms with van der Waals surface area (Å²) in [5.74, 6) is -1.59. The summed E-state index contributed by atoms with van der Waals surface area (Å²) in [5, 5.41) is 9.65. The topological polar surface area (TPSA) is 92.9 Å². The fourth-order valence-electron chi connectivity index (χ4n) is 4.81. The first-order valence-corrected chi connectivity index (χ1v) is 15.5. The number of carbonyl (C=O) groups excluding carboxylic acids is 1. The second kappa shape index (κ2) is 8.46. The molecule has 4 aromatic rings. The average Bonchev–Trinajstić information content (AvgIpc) is 3.50. The quantitative estimate of drug-likeness (QED) is 0.189. The number of hydrogen-bond donors (Lipinski definition) is 1. The molecule has 0 radical (unpaired) electrons. The van der Waals surface area contributed by atoms with Gasteiger partial charge in [0.2, 0.25) is 0 Å². The standard InChI is InChI=1S/C26H25F3N4O3Si/c1-15-11-18-21(17-7-8-31-22(15)17)25(26(27,28)29,36-23(18)34)24-32-19-6-5-16(13-30)12-20(19)33(24)14-35-9-10-37(2,3)4/h5-8,11-12,31H,9-10,14H2,1-4H3. The summed E-state index contributed by atoms with van der Waals surface area (Å²) in [5.41, 5.74) is -1.75. The molecule has 1 unspecified atom stereocenters. The number of aromatic nitrogens is 3. The van der Waals surface area contributed by atoms with Gasteiger partial charge in [-0.1, -0.05) is 19.6 Å². The average molecular weight is 527 g/mol. The van der Waals surface area contributed by atoms with Gasteiger partial charge < -0.3 is 14.5 Å². The van der Waals surface area contributed by atoms with Gasteiger partial charge in [-0.05, 0) is 48.9 Å². The van der Waals surface area contributed by atoms with Crippen LogP contribution in [0.3, 0.4) is 0 Å². The predicted octanol–water partition coefficient (Wildman–Crippen LogP) is 5.99. The normalized spacial score (nSPS) is 17.8. The van der Waals surface area contributed by atoms with E-state index in [1.807, 2.05) is 6.07 Å². The molecule has 2 aromatic heterocycles. The Balaban J connectivity index is 1.79. The van der Waals surface area contributed by atoms with Crippen molar-refractivity contribution in [3.8, 4) is 6.07 Å². The molecule has 1 aliphatic heterocycles. The number of cyclic esters (lactones) is 1. The maximum absolute atomic E-state index is 15.3. The van der Waals surface area contributed by atoms with Gasteiger partial charge in [-0.25, -0.2) is 9.78 Å². The van der Waals surface area contributed by atoms with Crippen LogP contribution in [0.1, 0.15) is 32.9 Å². The lowest BCUT2D eigenvalue weighted by Gasteiger charge is -2.31. The fourth-order valence-corrected chi connectivity index (χ4v) is 5.56. The molecule has 0 bridgehead atoms. The van der Waals surface area contributed by atoms with Gasteiger partial charge in [-0.15, -0.1) is 0 Å². The highest BCUT2D eigenvalue weighted by atomic mass is 28.3. The third-order valence-corrected chi connectivity index (χ3v) is 8.37. The van der Waals surface area contributed by atoms with Crippen molar-refractivity contribution in [2.24, 2.45) is 0 Å². The van der Waals surface area contributed by atoms with Gasteiger partial charge in [-0.2, -0.15) is 18.4 Å². The molecule has 0 saturated heterocycles. The van der Waals surface area contributed by atoms with Crippen LogP contribution >= 0.6 is 0 Å². The number of benzene rings is 2. The van der Waals surface area contributed by atoms with Gasteiger partial charge in [0.05, 0.1) is 28.2 Å². The first-order chi connectivity index (χ1) is 17.4. The van der Waals surface area contributed by atoms with Crippen LogP contribution in [0.25, 0.3) is 21.9 Å². The number of H-pyrrole nitrogens is 1. The molecule has 3 heterocycles. The van der Waals surface area contributed by atoms with Crippen LogP contribution < -0.4 is 0 Å². The monoisotopic (exact) mass is 526 g/mol. The SMILES string of the molecule is Cc1cc2c(c3cc[nH]c13)C(c1nc3ccc(C#N)cc3n1COCC[Si](C)(C)C)(C(F)(F)F)OC2=O. The minimum Gasteiger partial charge on any atom is -0.432 e. The highest BCUT2D eigenvalue weighted by Crippen LogP contribution is 2.54. The van der Waals surface area contributed by atoms with E-state index in [2.05, 4.69) is 29.6 Å². The van der Waals surface area contributed by atoms with E-state index in [-0.39, 0.29) is 39.8 Å². The van der Waals surface area contributed by atoms with Crippen LogP contribution in [0.5, 0.6) is 0 Å². The van der Waals surface area contributed by atoms with Crippen molar-refractivity contribution in [3.63, 3.8) is 0 Å². The first kappa shape index (κ1) is 25.0. The summed E-state index contributed by atoms with van der Waals surface area (Å²) in [7, 11) is -1.46. The van der Waals surface area contributed by atoms with Gasteiger partial charge >= 0.3 is 12.1 Å². The van der Waals surface area contributed by atoms with E-state index >= 15 is 13.2 Å². The van der Waals surface area contributed by atoms with Crippen molar-refractivity contribution < 1.29 is 27.4 Å². The van der Waals surface area contributed by atoms with E-state index in [9.17, 15) is 10.1 Å². The molecule has 7 nitrogen and oxygen atoms in total. The van der Waals surface area contributed by atoms with E-state index in [1.54, 1.807) is 6.92 Å². The Morgan fingerprint density at radius 3 is 2.68 bits per heavy atom. The zero-order chi connectivity index (χ0) is 26.8. The van der Waals surface area contributed by atoms with Crippen LogP contribution in [0.2, 0.25) is 25.7 Å². The second-order valence-corrected chi connectivity index (χ2v) is 16.1. The molecule has 1 N–H and O–H groups in total. The summed E-state index contributed by atoms with van der Waals surface area (Å²) in [4.78, 5) is 20.3. The molecule has 37 heavy (non-hydrogen) atoms. The summed E-state index contributed by atoms with van der Waals surface area (Å²) in [6.45, 7) is 8.33. The molecular formula is C26H25F3N4O3Si. The molecule has 1 aliphatic rings. The smallest absolute Gasteiger partial charge is 0.432 e. The minimum atomic E-state index is -5.05. The number of imidazole rings is 1. The largest absolute Gasteiger partial charge is 0.440 e. The third kappa shape index (κ3) is 3.91. The van der Waals surface area contributed by atoms with Crippen molar-refractivity contribution in [2.45, 2.75) is 51.1 Å². The highest BCUT2D eigenvalue weighted by Gasteiger charge is 2.68. The molecule has 0 aliphatic carbocycles. The highest BCUT2D eigenvalue weighted by molar-refractivity contribution is 6.76. The van der Waals surface area contributed by atoms with Crippen molar-refractivity contribution in [2.75, 3.05) is 6.61 Å². The Kier molecular flexibility index (Phi) is 5.73. The Hall–Kier alpha value is -3.62. The van der Waals surface area contributed by atoms with Crippen LogP contribution in [-0.2, 0) is 21.8 Å². The Labute approximate surface area is 211 Å². The molecule has 11 heteroatoms. The number of aryl methyl sites for hydroxylation is 1. The molecule has 2 aromatic carbocycles. The molecule has 192 valence electrons. The summed E-state index contributed by atoms with van der Waals surface area (Å²) in [6.07, 6.45) is -3.52. The number of nitrogens with one attached hydrogen (secondary N) is 1. The van der Waals surface area contributed by atoms with E-state index < -0.39 is 31.6 Å². The van der Waals surface area contributed by atoms with Crippen LogP contribution in [0.4, 0.5) is 13.2 Å². The number of nitrogens with zero attached hydrogens (tertiary/aromatic N) is 3. The number of hydrogen-bond acceptors (Lipinski definition) is 5. The number of halogens is 3. The van der Waals surface area contributed by atoms with E-state index in [0.717, 1.165) is 6.04 Å². The number of rotatable bonds is 6. The molecule has 0 amide bonds. The number of nitriles is 1. The van der Waals surface area contributed by atoms with E-state index in [0.29, 0.717) is 17.7 Å². The van der Waals surface area contributed by atoms with Crippen molar-refractivity contribution in [3.05, 3.63) is 64.6 Å². The maximum Gasteiger partial charge on any atom is 0.440 e. The molecule has 1 atom stereocenters. The van der Waals surface area contributed by atoms with Crippen molar-refractivity contribution >= 4 is 36.0 Å². The van der Waals surface area contributed by atoms with E-state index in [4.69, 9.17) is 9.47 Å². The molecule has 0 fully saturated rings. The molecule has 0 spiro atoms. The fraction of sp³-hybridized carbons (Fsp3) is 0.346. The van der Waals surface area contributed by atoms with Gasteiger partial charge in [0.1, 0.15) is 6.73 Å². The number of ether oxygens (including phenoxy) is 2. The lowest BCUT2D eigenvalue weighted by Crippen LogP contribution is -2.46. The van der Waals surface area contributed by atoms with Gasteiger partial charge in [0.25, 0.3) is 5.60 Å². The van der Waals surface area contributed by atoms with Crippen LogP contribution in [-0.4, -0.2) is 41.4 Å². The Morgan fingerprint density at radius 1 is 1.24 bits per heavy atom. The molecule has 5 rings (SSSR count). The number of aromatic amines is 1. The maximum atomic E-state index is 15.3. The van der Waals surface area contributed by atoms with Gasteiger partial charge in [0.15, 0.2) is 5.82 Å². The number of alkyl halides is 3.